The van der Waals surface area contributed by atoms with Gasteiger partial charge in [-0.15, -0.1) is 0 Å². The molecule has 2 aliphatic rings. The molecule has 3 heteroatoms. The van der Waals surface area contributed by atoms with Gasteiger partial charge in [-0.25, -0.2) is 0 Å². The van der Waals surface area contributed by atoms with Gasteiger partial charge in [0, 0.05) is 17.9 Å². The lowest BCUT2D eigenvalue weighted by atomic mass is 9.64. The highest BCUT2D eigenvalue weighted by atomic mass is 16.5. The number of rotatable bonds is 3. The van der Waals surface area contributed by atoms with Crippen LogP contribution in [0.1, 0.15) is 45.8 Å². The van der Waals surface area contributed by atoms with E-state index in [2.05, 4.69) is 26.8 Å². The Kier molecular flexibility index (Phi) is 4.58. The van der Waals surface area contributed by atoms with Gasteiger partial charge >= 0.3 is 5.97 Å². The number of para-hydroxylation sites is 1. The summed E-state index contributed by atoms with van der Waals surface area (Å²) in [6, 6.07) is 7.79. The second-order valence-electron chi connectivity index (χ2n) is 6.94. The zero-order valence-corrected chi connectivity index (χ0v) is 14.4. The van der Waals surface area contributed by atoms with Crippen molar-refractivity contribution in [3.8, 4) is 5.75 Å². The van der Waals surface area contributed by atoms with E-state index in [-0.39, 0.29) is 12.1 Å². The van der Waals surface area contributed by atoms with Gasteiger partial charge in [0.05, 0.1) is 12.7 Å². The highest BCUT2D eigenvalue weighted by Crippen LogP contribution is 2.50. The van der Waals surface area contributed by atoms with E-state index in [9.17, 15) is 4.79 Å². The summed E-state index contributed by atoms with van der Waals surface area (Å²) in [4.78, 5) is 11.7. The van der Waals surface area contributed by atoms with E-state index >= 15 is 0 Å². The fraction of sp³-hybridized carbons (Fsp3) is 0.550. The second-order valence-corrected chi connectivity index (χ2v) is 6.94. The van der Waals surface area contributed by atoms with Crippen molar-refractivity contribution in [2.75, 3.05) is 6.61 Å². The lowest BCUT2D eigenvalue weighted by molar-refractivity contribution is -0.134. The number of carbonyl (C=O) groups is 1. The molecule has 1 saturated heterocycles. The van der Waals surface area contributed by atoms with Crippen molar-refractivity contribution in [3.05, 3.63) is 41.5 Å². The zero-order chi connectivity index (χ0) is 16.6. The molecule has 0 amide bonds. The predicted octanol–water partition coefficient (Wildman–Crippen LogP) is 4.54. The van der Waals surface area contributed by atoms with Crippen molar-refractivity contribution in [2.24, 2.45) is 23.7 Å². The monoisotopic (exact) mass is 314 g/mol. The standard InChI is InChI=1S/C20H26O3/c1-5-18(21)23-17-9-7-6-8-15(17)20-19-13(3)10-12(2)16(11-22-20)14(19)4/h6-10,12,14,16,19-20H,5,11H2,1-4H3/t12-,14-,16+,19-,20-/m1/s1. The van der Waals surface area contributed by atoms with Gasteiger partial charge in [0.1, 0.15) is 5.75 Å². The van der Waals surface area contributed by atoms with Gasteiger partial charge in [0.25, 0.3) is 0 Å². The van der Waals surface area contributed by atoms with Crippen LogP contribution in [-0.2, 0) is 9.53 Å². The SMILES string of the molecule is CCC(=O)Oc1ccccc1[C@H]1OC[C@@H]2[C@@H](C)[C@H]1C(C)=C[C@H]2C. The largest absolute Gasteiger partial charge is 0.426 e. The summed E-state index contributed by atoms with van der Waals surface area (Å²) in [5.41, 5.74) is 2.38. The molecule has 23 heavy (non-hydrogen) atoms. The number of fused-ring (bicyclic) bond motifs is 2. The van der Waals surface area contributed by atoms with Gasteiger partial charge in [-0.2, -0.15) is 0 Å². The van der Waals surface area contributed by atoms with Crippen molar-refractivity contribution >= 4 is 5.97 Å². The predicted molar refractivity (Wildman–Crippen MR) is 90.1 cm³/mol. The van der Waals surface area contributed by atoms with Crippen LogP contribution in [0.4, 0.5) is 0 Å². The fourth-order valence-electron chi connectivity index (χ4n) is 4.23. The van der Waals surface area contributed by atoms with Gasteiger partial charge in [-0.05, 0) is 30.7 Å². The maximum Gasteiger partial charge on any atom is 0.310 e. The zero-order valence-electron chi connectivity index (χ0n) is 14.4. The van der Waals surface area contributed by atoms with E-state index < -0.39 is 0 Å². The Bertz CT molecular complexity index is 619. The fourth-order valence-corrected chi connectivity index (χ4v) is 4.23. The number of carbonyl (C=O) groups excluding carboxylic acids is 1. The number of hydrogen-bond donors (Lipinski definition) is 0. The summed E-state index contributed by atoms with van der Waals surface area (Å²) < 4.78 is 11.8. The van der Waals surface area contributed by atoms with Crippen molar-refractivity contribution < 1.29 is 14.3 Å². The number of esters is 1. The lowest BCUT2D eigenvalue weighted by Gasteiger charge is -2.47. The summed E-state index contributed by atoms with van der Waals surface area (Å²) in [5.74, 6) is 2.50. The maximum atomic E-state index is 11.7. The van der Waals surface area contributed by atoms with Crippen LogP contribution in [0.25, 0.3) is 0 Å². The molecule has 0 N–H and O–H groups in total. The minimum atomic E-state index is -0.205. The van der Waals surface area contributed by atoms with E-state index in [1.165, 1.54) is 5.57 Å². The first-order valence-corrected chi connectivity index (χ1v) is 8.62. The second kappa shape index (κ2) is 6.48. The Hall–Kier alpha value is -1.61. The van der Waals surface area contributed by atoms with Crippen LogP contribution >= 0.6 is 0 Å². The van der Waals surface area contributed by atoms with E-state index in [0.29, 0.717) is 35.8 Å². The third kappa shape index (κ3) is 2.94. The van der Waals surface area contributed by atoms with Crippen LogP contribution in [0.5, 0.6) is 5.75 Å². The molecule has 0 unspecified atom stereocenters. The van der Waals surface area contributed by atoms with Crippen molar-refractivity contribution in [1.82, 2.24) is 0 Å². The smallest absolute Gasteiger partial charge is 0.310 e. The molecule has 5 atom stereocenters. The first kappa shape index (κ1) is 16.3. The highest BCUT2D eigenvalue weighted by Gasteiger charge is 2.44. The molecule has 3 rings (SSSR count). The van der Waals surface area contributed by atoms with Crippen LogP contribution < -0.4 is 4.74 Å². The number of ether oxygens (including phenoxy) is 2. The Morgan fingerprint density at radius 1 is 1.30 bits per heavy atom. The van der Waals surface area contributed by atoms with Gasteiger partial charge in [-0.3, -0.25) is 4.79 Å². The summed E-state index contributed by atoms with van der Waals surface area (Å²) in [7, 11) is 0. The molecule has 2 bridgehead atoms. The Morgan fingerprint density at radius 2 is 2.04 bits per heavy atom. The van der Waals surface area contributed by atoms with Crippen molar-refractivity contribution in [1.29, 1.82) is 0 Å². The molecular weight excluding hydrogens is 288 g/mol. The van der Waals surface area contributed by atoms with Crippen LogP contribution in [0.15, 0.2) is 35.9 Å². The highest BCUT2D eigenvalue weighted by molar-refractivity contribution is 5.72. The Morgan fingerprint density at radius 3 is 2.78 bits per heavy atom. The number of allylic oxidation sites excluding steroid dienone is 1. The molecule has 1 aliphatic carbocycles. The Balaban J connectivity index is 1.96. The maximum absolute atomic E-state index is 11.7. The first-order valence-electron chi connectivity index (χ1n) is 8.62. The normalized spacial score (nSPS) is 33.0. The van der Waals surface area contributed by atoms with Crippen molar-refractivity contribution in [3.63, 3.8) is 0 Å². The molecule has 124 valence electrons. The summed E-state index contributed by atoms with van der Waals surface area (Å²) >= 11 is 0. The quantitative estimate of drug-likeness (QED) is 0.467. The van der Waals surface area contributed by atoms with E-state index in [1.54, 1.807) is 0 Å². The molecule has 1 heterocycles. The molecule has 1 fully saturated rings. The van der Waals surface area contributed by atoms with Crippen LogP contribution in [0.2, 0.25) is 0 Å². The van der Waals surface area contributed by atoms with Gasteiger partial charge in [0.2, 0.25) is 0 Å². The molecule has 0 saturated carbocycles. The minimum absolute atomic E-state index is 0.0362. The van der Waals surface area contributed by atoms with Crippen LogP contribution in [0, 0.1) is 23.7 Å². The van der Waals surface area contributed by atoms with E-state index in [4.69, 9.17) is 9.47 Å². The summed E-state index contributed by atoms with van der Waals surface area (Å²) in [6.07, 6.45) is 2.73. The average molecular weight is 314 g/mol. The lowest BCUT2D eigenvalue weighted by Crippen LogP contribution is -2.42. The van der Waals surface area contributed by atoms with Gasteiger partial charge in [0.15, 0.2) is 0 Å². The molecule has 0 radical (unpaired) electrons. The topological polar surface area (TPSA) is 35.5 Å². The average Bonchev–Trinajstić information content (AvgIpc) is 2.53. The molecule has 1 aliphatic heterocycles. The van der Waals surface area contributed by atoms with Gasteiger partial charge < -0.3 is 9.47 Å². The molecule has 1 aromatic rings. The van der Waals surface area contributed by atoms with Gasteiger partial charge in [-0.1, -0.05) is 50.6 Å². The molecule has 1 aromatic carbocycles. The third-order valence-corrected chi connectivity index (χ3v) is 5.50. The van der Waals surface area contributed by atoms with Crippen LogP contribution in [0.3, 0.4) is 0 Å². The van der Waals surface area contributed by atoms with Crippen molar-refractivity contribution in [2.45, 2.75) is 40.2 Å². The third-order valence-electron chi connectivity index (χ3n) is 5.50. The number of benzene rings is 1. The molecular formula is C20H26O3. The number of hydrogen-bond acceptors (Lipinski definition) is 3. The summed E-state index contributed by atoms with van der Waals surface area (Å²) in [6.45, 7) is 9.39. The first-order chi connectivity index (χ1) is 11.0. The minimum Gasteiger partial charge on any atom is -0.426 e. The molecule has 3 nitrogen and oxygen atoms in total. The van der Waals surface area contributed by atoms with E-state index in [0.717, 1.165) is 12.2 Å². The molecule has 0 spiro atoms. The summed E-state index contributed by atoms with van der Waals surface area (Å²) in [5, 5.41) is 0. The van der Waals surface area contributed by atoms with E-state index in [1.807, 2.05) is 31.2 Å². The Labute approximate surface area is 138 Å². The molecule has 0 aromatic heterocycles. The van der Waals surface area contributed by atoms with Crippen LogP contribution in [-0.4, -0.2) is 12.6 Å².